The zero-order chi connectivity index (χ0) is 23.3. The van der Waals surface area contributed by atoms with Crippen molar-refractivity contribution in [3.05, 3.63) is 48.3 Å². The second-order valence-electron chi connectivity index (χ2n) is 7.65. The van der Waals surface area contributed by atoms with E-state index in [4.69, 9.17) is 0 Å². The first-order chi connectivity index (χ1) is 15.3. The lowest BCUT2D eigenvalue weighted by atomic mass is 10.2. The number of amides is 2. The predicted molar refractivity (Wildman–Crippen MR) is 123 cm³/mol. The SMILES string of the molecule is CCN(CC)S(=O)(=O)c1cc(C(=O)NCC(=O)N2CCN(c3ccccc3)CC2)n(C)c1. The summed E-state index contributed by atoms with van der Waals surface area (Å²) in [6.45, 7) is 6.73. The van der Waals surface area contributed by atoms with Crippen LogP contribution in [0.1, 0.15) is 24.3 Å². The van der Waals surface area contributed by atoms with Crippen LogP contribution in [0.15, 0.2) is 47.5 Å². The van der Waals surface area contributed by atoms with Crippen LogP contribution in [0.3, 0.4) is 0 Å². The van der Waals surface area contributed by atoms with Crippen LogP contribution in [0.5, 0.6) is 0 Å². The number of benzene rings is 1. The van der Waals surface area contributed by atoms with E-state index in [0.29, 0.717) is 26.2 Å². The number of anilines is 1. The van der Waals surface area contributed by atoms with Gasteiger partial charge in [-0.2, -0.15) is 4.31 Å². The van der Waals surface area contributed by atoms with E-state index in [-0.39, 0.29) is 23.0 Å². The summed E-state index contributed by atoms with van der Waals surface area (Å²) in [4.78, 5) is 29.2. The van der Waals surface area contributed by atoms with Gasteiger partial charge in [-0.05, 0) is 18.2 Å². The highest BCUT2D eigenvalue weighted by atomic mass is 32.2. The number of hydrogen-bond acceptors (Lipinski definition) is 5. The van der Waals surface area contributed by atoms with Gasteiger partial charge in [-0.1, -0.05) is 32.0 Å². The first kappa shape index (κ1) is 23.8. The van der Waals surface area contributed by atoms with E-state index in [1.54, 1.807) is 25.8 Å². The smallest absolute Gasteiger partial charge is 0.268 e. The fourth-order valence-corrected chi connectivity index (χ4v) is 5.35. The molecule has 10 heteroatoms. The number of aryl methyl sites for hydroxylation is 1. The highest BCUT2D eigenvalue weighted by Gasteiger charge is 2.26. The molecular formula is C22H31N5O4S. The molecule has 2 heterocycles. The van der Waals surface area contributed by atoms with Gasteiger partial charge in [0, 0.05) is 58.2 Å². The first-order valence-corrected chi connectivity index (χ1v) is 12.2. The fourth-order valence-electron chi connectivity index (χ4n) is 3.82. The van der Waals surface area contributed by atoms with Gasteiger partial charge in [0.15, 0.2) is 0 Å². The highest BCUT2D eigenvalue weighted by molar-refractivity contribution is 7.89. The zero-order valence-corrected chi connectivity index (χ0v) is 19.6. The molecule has 0 unspecified atom stereocenters. The van der Waals surface area contributed by atoms with E-state index in [1.807, 2.05) is 30.3 Å². The minimum atomic E-state index is -3.66. The molecule has 1 saturated heterocycles. The highest BCUT2D eigenvalue weighted by Crippen LogP contribution is 2.19. The molecule has 0 aliphatic carbocycles. The quantitative estimate of drug-likeness (QED) is 0.636. The van der Waals surface area contributed by atoms with Gasteiger partial charge in [0.2, 0.25) is 15.9 Å². The molecule has 3 rings (SSSR count). The van der Waals surface area contributed by atoms with Crippen LogP contribution < -0.4 is 10.2 Å². The lowest BCUT2D eigenvalue weighted by Crippen LogP contribution is -2.51. The Labute approximate surface area is 189 Å². The van der Waals surface area contributed by atoms with E-state index < -0.39 is 15.9 Å². The van der Waals surface area contributed by atoms with Gasteiger partial charge < -0.3 is 19.7 Å². The molecule has 32 heavy (non-hydrogen) atoms. The molecule has 2 amide bonds. The molecule has 1 aliphatic heterocycles. The number of carbonyl (C=O) groups excluding carboxylic acids is 2. The molecule has 0 radical (unpaired) electrons. The summed E-state index contributed by atoms with van der Waals surface area (Å²) in [7, 11) is -2.05. The van der Waals surface area contributed by atoms with Crippen molar-refractivity contribution in [3.8, 4) is 0 Å². The average molecular weight is 462 g/mol. The van der Waals surface area contributed by atoms with Crippen LogP contribution in [-0.4, -0.2) is 79.8 Å². The summed E-state index contributed by atoms with van der Waals surface area (Å²) in [6.07, 6.45) is 1.42. The predicted octanol–water partition coefficient (Wildman–Crippen LogP) is 1.13. The standard InChI is InChI=1S/C22H31N5O4S/c1-4-27(5-2)32(30,31)19-15-20(24(3)17-19)22(29)23-16-21(28)26-13-11-25(12-14-26)18-9-7-6-8-10-18/h6-10,15,17H,4-5,11-14,16H2,1-3H3,(H,23,29). The molecule has 0 saturated carbocycles. The Bertz CT molecular complexity index is 1040. The van der Waals surface area contributed by atoms with E-state index >= 15 is 0 Å². The van der Waals surface area contributed by atoms with Crippen molar-refractivity contribution in [1.82, 2.24) is 19.1 Å². The summed E-state index contributed by atoms with van der Waals surface area (Å²) in [5.74, 6) is -0.638. The molecule has 1 aromatic carbocycles. The average Bonchev–Trinajstić information content (AvgIpc) is 3.21. The van der Waals surface area contributed by atoms with E-state index in [0.717, 1.165) is 18.8 Å². The number of rotatable bonds is 8. The minimum absolute atomic E-state index is 0.0669. The lowest BCUT2D eigenvalue weighted by Gasteiger charge is -2.36. The Morgan fingerprint density at radius 1 is 1.03 bits per heavy atom. The topological polar surface area (TPSA) is 95.0 Å². The molecule has 0 atom stereocenters. The summed E-state index contributed by atoms with van der Waals surface area (Å²) in [6, 6.07) is 11.4. The summed E-state index contributed by atoms with van der Waals surface area (Å²) < 4.78 is 28.2. The molecule has 1 fully saturated rings. The molecular weight excluding hydrogens is 430 g/mol. The molecule has 1 aliphatic rings. The number of nitrogens with zero attached hydrogens (tertiary/aromatic N) is 4. The summed E-state index contributed by atoms with van der Waals surface area (Å²) >= 11 is 0. The number of sulfonamides is 1. The third kappa shape index (κ3) is 5.13. The van der Waals surface area contributed by atoms with Crippen LogP contribution >= 0.6 is 0 Å². The molecule has 1 N–H and O–H groups in total. The van der Waals surface area contributed by atoms with Crippen LogP contribution in [0.25, 0.3) is 0 Å². The second kappa shape index (κ2) is 10.2. The van der Waals surface area contributed by atoms with Crippen LogP contribution in [0.4, 0.5) is 5.69 Å². The maximum absolute atomic E-state index is 12.7. The van der Waals surface area contributed by atoms with E-state index in [2.05, 4.69) is 10.2 Å². The Balaban J connectivity index is 1.56. The molecule has 2 aromatic rings. The first-order valence-electron chi connectivity index (χ1n) is 10.8. The number of para-hydroxylation sites is 1. The van der Waals surface area contributed by atoms with Crippen molar-refractivity contribution < 1.29 is 18.0 Å². The van der Waals surface area contributed by atoms with Gasteiger partial charge in [0.1, 0.15) is 10.6 Å². The van der Waals surface area contributed by atoms with Crippen molar-refractivity contribution in [2.24, 2.45) is 7.05 Å². The molecule has 0 bridgehead atoms. The second-order valence-corrected chi connectivity index (χ2v) is 9.59. The maximum Gasteiger partial charge on any atom is 0.268 e. The van der Waals surface area contributed by atoms with Crippen molar-refractivity contribution in [3.63, 3.8) is 0 Å². The molecule has 174 valence electrons. The van der Waals surface area contributed by atoms with Crippen molar-refractivity contribution in [2.75, 3.05) is 50.7 Å². The number of aromatic nitrogens is 1. The number of nitrogens with one attached hydrogen (secondary N) is 1. The largest absolute Gasteiger partial charge is 0.368 e. The van der Waals surface area contributed by atoms with Gasteiger partial charge in [-0.3, -0.25) is 9.59 Å². The Morgan fingerprint density at radius 2 is 1.66 bits per heavy atom. The van der Waals surface area contributed by atoms with Crippen molar-refractivity contribution in [2.45, 2.75) is 18.7 Å². The monoisotopic (exact) mass is 461 g/mol. The van der Waals surface area contributed by atoms with Crippen molar-refractivity contribution in [1.29, 1.82) is 0 Å². The van der Waals surface area contributed by atoms with E-state index in [1.165, 1.54) is 21.1 Å². The summed E-state index contributed by atoms with van der Waals surface area (Å²) in [5, 5.41) is 2.63. The van der Waals surface area contributed by atoms with Crippen molar-refractivity contribution >= 4 is 27.5 Å². The molecule has 0 spiro atoms. The van der Waals surface area contributed by atoms with Gasteiger partial charge >= 0.3 is 0 Å². The Hall–Kier alpha value is -2.85. The summed E-state index contributed by atoms with van der Waals surface area (Å²) in [5.41, 5.74) is 1.32. The number of carbonyl (C=O) groups is 2. The Kier molecular flexibility index (Phi) is 7.57. The fraction of sp³-hybridized carbons (Fsp3) is 0.455. The van der Waals surface area contributed by atoms with Crippen LogP contribution in [-0.2, 0) is 21.9 Å². The minimum Gasteiger partial charge on any atom is -0.368 e. The number of hydrogen-bond donors (Lipinski definition) is 1. The van der Waals surface area contributed by atoms with E-state index in [9.17, 15) is 18.0 Å². The maximum atomic E-state index is 12.7. The van der Waals surface area contributed by atoms with Crippen LogP contribution in [0, 0.1) is 0 Å². The van der Waals surface area contributed by atoms with Gasteiger partial charge in [-0.15, -0.1) is 0 Å². The molecule has 1 aromatic heterocycles. The van der Waals surface area contributed by atoms with Gasteiger partial charge in [-0.25, -0.2) is 8.42 Å². The third-order valence-corrected chi connectivity index (χ3v) is 7.72. The van der Waals surface area contributed by atoms with Crippen LogP contribution in [0.2, 0.25) is 0 Å². The van der Waals surface area contributed by atoms with Gasteiger partial charge in [0.05, 0.1) is 6.54 Å². The zero-order valence-electron chi connectivity index (χ0n) is 18.8. The van der Waals surface area contributed by atoms with Gasteiger partial charge in [0.25, 0.3) is 5.91 Å². The Morgan fingerprint density at radius 3 is 2.25 bits per heavy atom. The lowest BCUT2D eigenvalue weighted by molar-refractivity contribution is -0.130. The number of piperazine rings is 1. The third-order valence-electron chi connectivity index (χ3n) is 5.71. The normalized spacial score (nSPS) is 14.6. The molecule has 9 nitrogen and oxygen atoms in total.